The van der Waals surface area contributed by atoms with E-state index < -0.39 is 5.54 Å². The first-order chi connectivity index (χ1) is 14.9. The summed E-state index contributed by atoms with van der Waals surface area (Å²) in [4.78, 5) is 20.1. The van der Waals surface area contributed by atoms with Crippen molar-refractivity contribution in [2.45, 2.75) is 45.1 Å². The zero-order valence-corrected chi connectivity index (χ0v) is 19.7. The molecule has 1 saturated heterocycles. The number of carbonyl (C=O) groups is 1. The molecule has 2 aliphatic rings. The van der Waals surface area contributed by atoms with Crippen LogP contribution in [0.1, 0.15) is 50.7 Å². The van der Waals surface area contributed by atoms with Gasteiger partial charge in [0.2, 0.25) is 5.91 Å². The largest absolute Gasteiger partial charge is 0.342 e. The molecule has 3 heterocycles. The first-order valence-corrected chi connectivity index (χ1v) is 11.9. The van der Waals surface area contributed by atoms with Crippen molar-refractivity contribution in [2.75, 3.05) is 13.1 Å². The maximum Gasteiger partial charge on any atom is 0.222 e. The Labute approximate surface area is 192 Å². The number of aromatic nitrogens is 2. The summed E-state index contributed by atoms with van der Waals surface area (Å²) in [6, 6.07) is 17.0. The molecule has 0 N–H and O–H groups in total. The molecule has 2 aromatic carbocycles. The first-order valence-electron chi connectivity index (χ1n) is 11.1. The lowest BCUT2D eigenvalue weighted by atomic mass is 9.79. The van der Waals surface area contributed by atoms with Gasteiger partial charge in [-0.3, -0.25) is 4.79 Å². The molecule has 0 aliphatic carbocycles. The number of hydrogen-bond donors (Lipinski definition) is 0. The van der Waals surface area contributed by atoms with Crippen LogP contribution in [-0.4, -0.2) is 33.4 Å². The van der Waals surface area contributed by atoms with Crippen molar-refractivity contribution in [1.29, 1.82) is 0 Å². The highest BCUT2D eigenvalue weighted by Crippen LogP contribution is 2.49. The topological polar surface area (TPSA) is 38.1 Å². The van der Waals surface area contributed by atoms with Gasteiger partial charge in [0.15, 0.2) is 0 Å². The second-order valence-corrected chi connectivity index (χ2v) is 10.5. The molecule has 4 nitrogen and oxygen atoms in total. The maximum atomic E-state index is 13.3. The van der Waals surface area contributed by atoms with Gasteiger partial charge in [-0.05, 0) is 47.9 Å². The van der Waals surface area contributed by atoms with E-state index in [2.05, 4.69) is 99.0 Å². The lowest BCUT2D eigenvalue weighted by Gasteiger charge is -2.39. The molecule has 3 aromatic rings. The number of benzene rings is 2. The predicted molar refractivity (Wildman–Crippen MR) is 127 cm³/mol. The SMILES string of the molecule is CC1(C)CCCN(C(=O)CCC2(c3ccc(Br)cc3)c3ccccc3-c3nccn32)C1. The molecular formula is C26H28BrN3O. The predicted octanol–water partition coefficient (Wildman–Crippen LogP) is 5.85. The van der Waals surface area contributed by atoms with Gasteiger partial charge >= 0.3 is 0 Å². The highest BCUT2D eigenvalue weighted by Gasteiger charge is 2.45. The summed E-state index contributed by atoms with van der Waals surface area (Å²) < 4.78 is 3.32. The van der Waals surface area contributed by atoms with Gasteiger partial charge in [-0.1, -0.05) is 66.2 Å². The Kier molecular flexibility index (Phi) is 5.04. The number of fused-ring (bicyclic) bond motifs is 3. The van der Waals surface area contributed by atoms with Gasteiger partial charge in [0.25, 0.3) is 0 Å². The molecule has 1 fully saturated rings. The number of nitrogens with zero attached hydrogens (tertiary/aromatic N) is 3. The van der Waals surface area contributed by atoms with Crippen molar-refractivity contribution in [3.05, 3.63) is 76.5 Å². The van der Waals surface area contributed by atoms with Crippen LogP contribution >= 0.6 is 15.9 Å². The Morgan fingerprint density at radius 3 is 2.68 bits per heavy atom. The number of carbonyl (C=O) groups excluding carboxylic acids is 1. The van der Waals surface area contributed by atoms with Gasteiger partial charge in [-0.25, -0.2) is 4.98 Å². The van der Waals surface area contributed by atoms with E-state index in [4.69, 9.17) is 0 Å². The van der Waals surface area contributed by atoms with E-state index in [-0.39, 0.29) is 11.3 Å². The third-order valence-corrected chi connectivity index (χ3v) is 7.47. The van der Waals surface area contributed by atoms with Crippen LogP contribution in [0.4, 0.5) is 0 Å². The second kappa shape index (κ2) is 7.63. The Morgan fingerprint density at radius 2 is 1.90 bits per heavy atom. The molecule has 0 radical (unpaired) electrons. The number of rotatable bonds is 4. The molecule has 1 atom stereocenters. The van der Waals surface area contributed by atoms with Gasteiger partial charge in [0.1, 0.15) is 5.82 Å². The molecular weight excluding hydrogens is 450 g/mol. The van der Waals surface area contributed by atoms with Crippen LogP contribution < -0.4 is 0 Å². The van der Waals surface area contributed by atoms with Crippen LogP contribution in [0.25, 0.3) is 11.4 Å². The fourth-order valence-electron chi connectivity index (χ4n) is 5.48. The van der Waals surface area contributed by atoms with Crippen molar-refractivity contribution in [2.24, 2.45) is 5.41 Å². The minimum absolute atomic E-state index is 0.203. The zero-order chi connectivity index (χ0) is 21.6. The quantitative estimate of drug-likeness (QED) is 0.472. The van der Waals surface area contributed by atoms with Crippen LogP contribution in [0, 0.1) is 5.41 Å². The fraction of sp³-hybridized carbons (Fsp3) is 0.385. The van der Waals surface area contributed by atoms with Crippen LogP contribution in [0.15, 0.2) is 65.4 Å². The fourth-order valence-corrected chi connectivity index (χ4v) is 5.75. The van der Waals surface area contributed by atoms with Gasteiger partial charge in [-0.2, -0.15) is 0 Å². The van der Waals surface area contributed by atoms with E-state index in [1.165, 1.54) is 17.5 Å². The normalized spacial score (nSPS) is 21.6. The van der Waals surface area contributed by atoms with Crippen molar-refractivity contribution in [3.8, 4) is 11.4 Å². The van der Waals surface area contributed by atoms with Crippen molar-refractivity contribution >= 4 is 21.8 Å². The Hall–Kier alpha value is -2.40. The molecule has 5 rings (SSSR count). The molecule has 1 aromatic heterocycles. The van der Waals surface area contributed by atoms with Gasteiger partial charge in [-0.15, -0.1) is 0 Å². The van der Waals surface area contributed by atoms with E-state index >= 15 is 0 Å². The third kappa shape index (κ3) is 3.43. The molecule has 31 heavy (non-hydrogen) atoms. The molecule has 0 saturated carbocycles. The Morgan fingerprint density at radius 1 is 1.13 bits per heavy atom. The number of imidazole rings is 1. The van der Waals surface area contributed by atoms with E-state index in [9.17, 15) is 4.79 Å². The van der Waals surface area contributed by atoms with Crippen LogP contribution in [-0.2, 0) is 10.3 Å². The zero-order valence-electron chi connectivity index (χ0n) is 18.1. The van der Waals surface area contributed by atoms with Crippen LogP contribution in [0.5, 0.6) is 0 Å². The molecule has 160 valence electrons. The summed E-state index contributed by atoms with van der Waals surface area (Å²) in [5.41, 5.74) is 3.35. The Bertz CT molecular complexity index is 1120. The number of halogens is 1. The van der Waals surface area contributed by atoms with Gasteiger partial charge < -0.3 is 9.47 Å². The Balaban J connectivity index is 1.54. The van der Waals surface area contributed by atoms with Crippen molar-refractivity contribution in [1.82, 2.24) is 14.5 Å². The summed E-state index contributed by atoms with van der Waals surface area (Å²) in [5.74, 6) is 1.24. The smallest absolute Gasteiger partial charge is 0.222 e. The maximum absolute atomic E-state index is 13.3. The highest BCUT2D eigenvalue weighted by atomic mass is 79.9. The summed E-state index contributed by atoms with van der Waals surface area (Å²) in [5, 5.41) is 0. The molecule has 0 spiro atoms. The minimum atomic E-state index is -0.426. The second-order valence-electron chi connectivity index (χ2n) is 9.62. The van der Waals surface area contributed by atoms with E-state index in [1.807, 2.05) is 6.20 Å². The summed E-state index contributed by atoms with van der Waals surface area (Å²) in [6.07, 6.45) is 7.43. The van der Waals surface area contributed by atoms with Crippen LogP contribution in [0.3, 0.4) is 0 Å². The monoisotopic (exact) mass is 477 g/mol. The van der Waals surface area contributed by atoms with E-state index in [0.717, 1.165) is 35.4 Å². The van der Waals surface area contributed by atoms with Crippen LogP contribution in [0.2, 0.25) is 0 Å². The summed E-state index contributed by atoms with van der Waals surface area (Å²) >= 11 is 3.57. The standard InChI is InChI=1S/C26H28BrN3O/c1-25(2)13-5-16-29(18-25)23(31)12-14-26(19-8-10-20(27)11-9-19)22-7-4-3-6-21(22)24-28-15-17-30(24)26/h3-4,6-11,15,17H,5,12-14,16,18H2,1-2H3. The molecule has 0 bridgehead atoms. The van der Waals surface area contributed by atoms with E-state index in [1.54, 1.807) is 0 Å². The van der Waals surface area contributed by atoms with Gasteiger partial charge in [0, 0.05) is 41.9 Å². The van der Waals surface area contributed by atoms with E-state index in [0.29, 0.717) is 12.8 Å². The molecule has 1 unspecified atom stereocenters. The summed E-state index contributed by atoms with van der Waals surface area (Å²) in [6.45, 7) is 6.26. The molecule has 1 amide bonds. The minimum Gasteiger partial charge on any atom is -0.342 e. The average Bonchev–Trinajstić information content (AvgIpc) is 3.33. The lowest BCUT2D eigenvalue weighted by molar-refractivity contribution is -0.134. The third-order valence-electron chi connectivity index (χ3n) is 6.94. The van der Waals surface area contributed by atoms with Crippen molar-refractivity contribution < 1.29 is 4.79 Å². The molecule has 2 aliphatic heterocycles. The number of piperidine rings is 1. The first kappa shape index (κ1) is 20.5. The summed E-state index contributed by atoms with van der Waals surface area (Å²) in [7, 11) is 0. The van der Waals surface area contributed by atoms with Gasteiger partial charge in [0.05, 0.1) is 5.54 Å². The number of amides is 1. The molecule has 5 heteroatoms. The highest BCUT2D eigenvalue weighted by molar-refractivity contribution is 9.10. The number of hydrogen-bond acceptors (Lipinski definition) is 2. The lowest BCUT2D eigenvalue weighted by Crippen LogP contribution is -2.44. The van der Waals surface area contributed by atoms with Crippen molar-refractivity contribution in [3.63, 3.8) is 0 Å². The number of likely N-dealkylation sites (tertiary alicyclic amines) is 1. The average molecular weight is 478 g/mol.